The van der Waals surface area contributed by atoms with Gasteiger partial charge in [-0.15, -0.1) is 0 Å². The molecule has 0 aliphatic rings. The Bertz CT molecular complexity index is 1220. The molecule has 4 rings (SSSR count). The third-order valence-corrected chi connectivity index (χ3v) is 4.59. The highest BCUT2D eigenvalue weighted by molar-refractivity contribution is 5.78. The second-order valence-electron chi connectivity index (χ2n) is 6.58. The van der Waals surface area contributed by atoms with Crippen LogP contribution in [0.25, 0.3) is 16.9 Å². The number of aromatic nitrogens is 4. The number of aryl methyl sites for hydroxylation is 1. The summed E-state index contributed by atoms with van der Waals surface area (Å²) in [5.74, 6) is 1.11. The van der Waals surface area contributed by atoms with E-state index in [1.165, 1.54) is 18.2 Å². The van der Waals surface area contributed by atoms with Gasteiger partial charge in [-0.2, -0.15) is 13.2 Å². The van der Waals surface area contributed by atoms with Crippen molar-refractivity contribution in [3.63, 3.8) is 0 Å². The maximum atomic E-state index is 12.8. The van der Waals surface area contributed by atoms with Crippen LogP contribution in [0.3, 0.4) is 0 Å². The van der Waals surface area contributed by atoms with Gasteiger partial charge < -0.3 is 10.9 Å². The number of hydrogen-bond donors (Lipinski definition) is 3. The number of nitrogens with two attached hydrogens (primary N) is 1. The number of halogens is 3. The summed E-state index contributed by atoms with van der Waals surface area (Å²) in [5, 5.41) is 13.1. The number of fused-ring (bicyclic) bond motifs is 1. The van der Waals surface area contributed by atoms with Gasteiger partial charge in [0.1, 0.15) is 5.82 Å². The first kappa shape index (κ1) is 19.5. The number of nitrogen functional groups attached to an aromatic ring is 1. The Balaban J connectivity index is 1.77. The average molecular weight is 415 g/mol. The molecule has 0 saturated heterocycles. The fraction of sp³-hybridized carbons (Fsp3) is 0.150. The quantitative estimate of drug-likeness (QED) is 0.348. The van der Waals surface area contributed by atoms with Crippen LogP contribution in [0.15, 0.2) is 54.6 Å². The summed E-state index contributed by atoms with van der Waals surface area (Å²) in [6.45, 7) is 1.96. The molecule has 0 bridgehead atoms. The number of rotatable bonds is 4. The Morgan fingerprint density at radius 1 is 1.10 bits per heavy atom. The first-order chi connectivity index (χ1) is 14.3. The van der Waals surface area contributed by atoms with Crippen LogP contribution in [-0.2, 0) is 12.6 Å². The Labute approximate surface area is 169 Å². The first-order valence-corrected chi connectivity index (χ1v) is 9.10. The predicted octanol–water partition coefficient (Wildman–Crippen LogP) is 3.85. The third kappa shape index (κ3) is 3.47. The number of benzene rings is 2. The van der Waals surface area contributed by atoms with Gasteiger partial charge in [0.2, 0.25) is 11.6 Å². The first-order valence-electron chi connectivity index (χ1n) is 9.10. The molecular weight excluding hydrogens is 397 g/mol. The summed E-state index contributed by atoms with van der Waals surface area (Å²) < 4.78 is 40.8. The van der Waals surface area contributed by atoms with Crippen molar-refractivity contribution >= 4 is 28.5 Å². The molecule has 0 fully saturated rings. The number of anilines is 3. The minimum atomic E-state index is -4.43. The van der Waals surface area contributed by atoms with Gasteiger partial charge in [0, 0.05) is 6.42 Å². The van der Waals surface area contributed by atoms with Crippen molar-refractivity contribution in [3.05, 3.63) is 66.0 Å². The van der Waals surface area contributed by atoms with E-state index in [2.05, 4.69) is 15.3 Å². The van der Waals surface area contributed by atoms with Gasteiger partial charge in [-0.3, -0.25) is 9.88 Å². The van der Waals surface area contributed by atoms with Crippen molar-refractivity contribution in [1.82, 2.24) is 14.5 Å². The Morgan fingerprint density at radius 3 is 2.47 bits per heavy atom. The van der Waals surface area contributed by atoms with Gasteiger partial charge in [-0.25, -0.2) is 4.98 Å². The molecule has 2 heterocycles. The molecule has 154 valence electrons. The van der Waals surface area contributed by atoms with Crippen LogP contribution in [-0.4, -0.2) is 19.7 Å². The molecule has 2 aromatic carbocycles. The third-order valence-electron chi connectivity index (χ3n) is 4.59. The zero-order valence-electron chi connectivity index (χ0n) is 15.9. The lowest BCUT2D eigenvalue weighted by atomic mass is 10.2. The number of nitrogens with zero attached hydrogens (tertiary/aromatic N) is 4. The zero-order valence-corrected chi connectivity index (χ0v) is 15.9. The predicted molar refractivity (Wildman–Crippen MR) is 105 cm³/mol. The summed E-state index contributed by atoms with van der Waals surface area (Å²) in [6, 6.07) is 13.4. The van der Waals surface area contributed by atoms with Crippen molar-refractivity contribution in [3.8, 4) is 5.82 Å². The standard InChI is InChI=1S/C20H17F3N6O/c1-2-17-26-14-5-3-4-6-15(14)28(17)18-11-16(24)29(30)19(27-18)25-13-9-7-12(8-10-13)20(21,22)23/h3-11,30H,2H2,1H3,(H2,24,25,27)/p+1. The van der Waals surface area contributed by atoms with Crippen LogP contribution >= 0.6 is 0 Å². The van der Waals surface area contributed by atoms with Crippen LogP contribution in [0.4, 0.5) is 30.6 Å². The SMILES string of the molecule is CCc1nc2ccccc2n1-c1cc(N)[n+](O)c(Nc2ccc(C(F)(F)F)cc2)n1. The number of nitrogens with one attached hydrogen (secondary N) is 1. The molecule has 7 nitrogen and oxygen atoms in total. The summed E-state index contributed by atoms with van der Waals surface area (Å²) in [6.07, 6.45) is -3.80. The maximum absolute atomic E-state index is 12.8. The zero-order chi connectivity index (χ0) is 21.5. The van der Waals surface area contributed by atoms with Crippen molar-refractivity contribution in [1.29, 1.82) is 0 Å². The summed E-state index contributed by atoms with van der Waals surface area (Å²) in [4.78, 5) is 9.02. The Hall–Kier alpha value is -3.82. The molecule has 10 heteroatoms. The number of alkyl halides is 3. The lowest BCUT2D eigenvalue weighted by Crippen LogP contribution is -2.38. The van der Waals surface area contributed by atoms with Crippen LogP contribution in [0.2, 0.25) is 0 Å². The van der Waals surface area contributed by atoms with Crippen molar-refractivity contribution in [2.24, 2.45) is 0 Å². The molecule has 0 spiro atoms. The van der Waals surface area contributed by atoms with Crippen molar-refractivity contribution < 1.29 is 23.1 Å². The van der Waals surface area contributed by atoms with Crippen LogP contribution in [0.5, 0.6) is 0 Å². The fourth-order valence-electron chi connectivity index (χ4n) is 3.14. The molecule has 0 atom stereocenters. The van der Waals surface area contributed by atoms with Crippen molar-refractivity contribution in [2.45, 2.75) is 19.5 Å². The molecule has 4 N–H and O–H groups in total. The van der Waals surface area contributed by atoms with Gasteiger partial charge in [-0.1, -0.05) is 24.0 Å². The van der Waals surface area contributed by atoms with E-state index in [0.717, 1.165) is 29.0 Å². The average Bonchev–Trinajstić information content (AvgIpc) is 3.09. The van der Waals surface area contributed by atoms with Gasteiger partial charge in [0.25, 0.3) is 0 Å². The van der Waals surface area contributed by atoms with Crippen LogP contribution in [0, 0.1) is 0 Å². The molecule has 0 unspecified atom stereocenters. The minimum Gasteiger partial charge on any atom is -0.382 e. The highest BCUT2D eigenvalue weighted by Gasteiger charge is 2.30. The second kappa shape index (κ2) is 7.21. The number of hydrogen-bond acceptors (Lipinski definition) is 5. The maximum Gasteiger partial charge on any atom is 0.416 e. The molecule has 0 saturated carbocycles. The van der Waals surface area contributed by atoms with E-state index in [1.54, 1.807) is 0 Å². The van der Waals surface area contributed by atoms with E-state index < -0.39 is 11.7 Å². The summed E-state index contributed by atoms with van der Waals surface area (Å²) in [5.41, 5.74) is 7.08. The largest absolute Gasteiger partial charge is 0.416 e. The van der Waals surface area contributed by atoms with Crippen LogP contribution in [0.1, 0.15) is 18.3 Å². The van der Waals surface area contributed by atoms with Gasteiger partial charge >= 0.3 is 12.1 Å². The van der Waals surface area contributed by atoms with Crippen molar-refractivity contribution in [2.75, 3.05) is 11.1 Å². The molecule has 30 heavy (non-hydrogen) atoms. The van der Waals surface area contributed by atoms with E-state index in [4.69, 9.17) is 5.73 Å². The van der Waals surface area contributed by atoms with Gasteiger partial charge in [0.05, 0.1) is 28.4 Å². The fourth-order valence-corrected chi connectivity index (χ4v) is 3.14. The molecule has 0 aliphatic heterocycles. The molecule has 0 amide bonds. The number of para-hydroxylation sites is 2. The van der Waals surface area contributed by atoms with E-state index in [-0.39, 0.29) is 11.8 Å². The monoisotopic (exact) mass is 415 g/mol. The Kier molecular flexibility index (Phi) is 4.69. The lowest BCUT2D eigenvalue weighted by molar-refractivity contribution is -0.883. The normalized spacial score (nSPS) is 11.7. The molecule has 0 aliphatic carbocycles. The van der Waals surface area contributed by atoms with E-state index in [9.17, 15) is 18.4 Å². The van der Waals surface area contributed by atoms with Crippen LogP contribution < -0.4 is 15.8 Å². The molecular formula is C20H18F3N6O+. The van der Waals surface area contributed by atoms with E-state index >= 15 is 0 Å². The smallest absolute Gasteiger partial charge is 0.382 e. The molecule has 2 aromatic heterocycles. The number of imidazole rings is 1. The Morgan fingerprint density at radius 2 is 1.80 bits per heavy atom. The van der Waals surface area contributed by atoms with Gasteiger partial charge in [0.15, 0.2) is 0 Å². The molecule has 4 aromatic rings. The lowest BCUT2D eigenvalue weighted by Gasteiger charge is -2.10. The highest BCUT2D eigenvalue weighted by atomic mass is 19.4. The summed E-state index contributed by atoms with van der Waals surface area (Å²) in [7, 11) is 0. The van der Waals surface area contributed by atoms with E-state index in [0.29, 0.717) is 22.7 Å². The van der Waals surface area contributed by atoms with Gasteiger partial charge in [-0.05, 0) is 41.1 Å². The highest BCUT2D eigenvalue weighted by Crippen LogP contribution is 2.30. The summed E-state index contributed by atoms with van der Waals surface area (Å²) >= 11 is 0. The molecule has 0 radical (unpaired) electrons. The topological polar surface area (TPSA) is 92.9 Å². The van der Waals surface area contributed by atoms with E-state index in [1.807, 2.05) is 35.8 Å². The minimum absolute atomic E-state index is 0.00533. The second-order valence-corrected chi connectivity index (χ2v) is 6.58.